The monoisotopic (exact) mass is 385 g/mol. The summed E-state index contributed by atoms with van der Waals surface area (Å²) in [6.07, 6.45) is 9.18. The van der Waals surface area contributed by atoms with E-state index in [9.17, 15) is 9.90 Å². The Balaban J connectivity index is 1.66. The summed E-state index contributed by atoms with van der Waals surface area (Å²) >= 11 is 0. The maximum atomic E-state index is 11.3. The molecule has 1 heterocycles. The van der Waals surface area contributed by atoms with Crippen molar-refractivity contribution >= 4 is 11.5 Å². The molecule has 5 heteroatoms. The van der Waals surface area contributed by atoms with Crippen LogP contribution in [-0.2, 0) is 5.54 Å². The summed E-state index contributed by atoms with van der Waals surface area (Å²) in [6.45, 7) is 4.36. The second-order valence-electron chi connectivity index (χ2n) is 7.61. The van der Waals surface area contributed by atoms with E-state index < -0.39 is 5.97 Å². The van der Waals surface area contributed by atoms with Crippen LogP contribution in [0.2, 0.25) is 0 Å². The Morgan fingerprint density at radius 1 is 1.10 bits per heavy atom. The van der Waals surface area contributed by atoms with Gasteiger partial charge in [0.25, 0.3) is 0 Å². The van der Waals surface area contributed by atoms with Gasteiger partial charge in [-0.2, -0.15) is 5.10 Å². The minimum Gasteiger partial charge on any atom is -0.478 e. The molecule has 0 radical (unpaired) electrons. The third-order valence-corrected chi connectivity index (χ3v) is 5.59. The highest BCUT2D eigenvalue weighted by Crippen LogP contribution is 2.37. The number of aromatic carboxylic acids is 1. The molecule has 0 saturated carbocycles. The largest absolute Gasteiger partial charge is 0.478 e. The van der Waals surface area contributed by atoms with Crippen molar-refractivity contribution in [3.8, 4) is 11.4 Å². The van der Waals surface area contributed by atoms with Crippen LogP contribution in [0.4, 0.5) is 0 Å². The highest BCUT2D eigenvalue weighted by Gasteiger charge is 2.35. The minimum absolute atomic E-state index is 0.227. The number of benzene rings is 2. The highest BCUT2D eigenvalue weighted by molar-refractivity contribution is 5.89. The molecule has 0 saturated heterocycles. The van der Waals surface area contributed by atoms with E-state index >= 15 is 0 Å². The molecule has 1 aliphatic carbocycles. The molecular formula is C24H23N3O2. The number of rotatable bonds is 5. The van der Waals surface area contributed by atoms with Crippen LogP contribution in [-0.4, -0.2) is 25.8 Å². The normalized spacial score (nSPS) is 18.7. The van der Waals surface area contributed by atoms with Crippen molar-refractivity contribution < 1.29 is 9.90 Å². The van der Waals surface area contributed by atoms with E-state index in [4.69, 9.17) is 5.10 Å². The van der Waals surface area contributed by atoms with E-state index in [-0.39, 0.29) is 11.1 Å². The average Bonchev–Trinajstić information content (AvgIpc) is 3.25. The van der Waals surface area contributed by atoms with E-state index in [0.29, 0.717) is 17.3 Å². The van der Waals surface area contributed by atoms with Crippen LogP contribution in [0, 0.1) is 5.92 Å². The molecule has 3 aromatic rings. The first-order valence-electron chi connectivity index (χ1n) is 9.70. The summed E-state index contributed by atoms with van der Waals surface area (Å²) in [5.74, 6) is -0.134. The molecule has 1 N–H and O–H groups in total. The molecule has 0 fully saturated rings. The number of carbonyl (C=O) groups is 1. The predicted molar refractivity (Wildman–Crippen MR) is 113 cm³/mol. The summed E-state index contributed by atoms with van der Waals surface area (Å²) in [7, 11) is 0. The zero-order chi connectivity index (χ0) is 20.4. The van der Waals surface area contributed by atoms with Gasteiger partial charge in [0.15, 0.2) is 5.82 Å². The van der Waals surface area contributed by atoms with Crippen LogP contribution in [0.15, 0.2) is 79.2 Å². The number of hydrogen-bond acceptors (Lipinski definition) is 3. The summed E-state index contributed by atoms with van der Waals surface area (Å²) in [5, 5.41) is 14.0. The van der Waals surface area contributed by atoms with Crippen LogP contribution in [0.25, 0.3) is 17.0 Å². The van der Waals surface area contributed by atoms with Crippen molar-refractivity contribution in [2.24, 2.45) is 5.92 Å². The lowest BCUT2D eigenvalue weighted by molar-refractivity contribution is 0.0697. The lowest BCUT2D eigenvalue weighted by atomic mass is 9.78. The molecule has 146 valence electrons. The SMILES string of the molecule is CC(C)C1(n2cnc(-c3cccc(C(=O)O)c3)n2)C=CC(c2ccccc2)=CC1. The van der Waals surface area contributed by atoms with Crippen LogP contribution in [0.3, 0.4) is 0 Å². The average molecular weight is 385 g/mol. The third-order valence-electron chi connectivity index (χ3n) is 5.59. The Morgan fingerprint density at radius 3 is 2.52 bits per heavy atom. The van der Waals surface area contributed by atoms with Crippen molar-refractivity contribution in [3.63, 3.8) is 0 Å². The zero-order valence-electron chi connectivity index (χ0n) is 16.5. The molecule has 5 nitrogen and oxygen atoms in total. The molecule has 1 atom stereocenters. The van der Waals surface area contributed by atoms with Crippen LogP contribution < -0.4 is 0 Å². The fourth-order valence-electron chi connectivity index (χ4n) is 3.74. The van der Waals surface area contributed by atoms with Gasteiger partial charge in [-0.1, -0.05) is 74.5 Å². The second-order valence-corrected chi connectivity index (χ2v) is 7.61. The lowest BCUT2D eigenvalue weighted by Crippen LogP contribution is -2.38. The molecule has 29 heavy (non-hydrogen) atoms. The number of carboxylic acid groups (broad SMARTS) is 1. The summed E-state index contributed by atoms with van der Waals surface area (Å²) < 4.78 is 1.91. The van der Waals surface area contributed by atoms with Gasteiger partial charge in [0, 0.05) is 5.56 Å². The van der Waals surface area contributed by atoms with Crippen LogP contribution >= 0.6 is 0 Å². The molecule has 4 rings (SSSR count). The fraction of sp³-hybridized carbons (Fsp3) is 0.208. The van der Waals surface area contributed by atoms with Crippen molar-refractivity contribution in [1.82, 2.24) is 14.8 Å². The maximum absolute atomic E-state index is 11.3. The van der Waals surface area contributed by atoms with Crippen LogP contribution in [0.1, 0.15) is 36.2 Å². The summed E-state index contributed by atoms with van der Waals surface area (Å²) in [4.78, 5) is 15.7. The number of aromatic nitrogens is 3. The first-order valence-corrected chi connectivity index (χ1v) is 9.70. The standard InChI is InChI=1S/C24H23N3O2/c1-17(2)24(13-11-19(12-14-24)18-7-4-3-5-8-18)27-16-25-22(26-27)20-9-6-10-21(15-20)23(28)29/h3-13,15-17H,14H2,1-2H3,(H,28,29). The number of allylic oxidation sites excluding steroid dienone is 4. The Labute approximate surface area is 170 Å². The van der Waals surface area contributed by atoms with Gasteiger partial charge in [0.1, 0.15) is 6.33 Å². The fourth-order valence-corrected chi connectivity index (χ4v) is 3.74. The topological polar surface area (TPSA) is 68.0 Å². The van der Waals surface area contributed by atoms with Gasteiger partial charge in [-0.05, 0) is 35.6 Å². The summed E-state index contributed by atoms with van der Waals surface area (Å²) in [5.41, 5.74) is 3.02. The van der Waals surface area contributed by atoms with Crippen molar-refractivity contribution in [2.75, 3.05) is 0 Å². The van der Waals surface area contributed by atoms with E-state index in [1.165, 1.54) is 11.1 Å². The van der Waals surface area contributed by atoms with Gasteiger partial charge in [-0.15, -0.1) is 0 Å². The lowest BCUT2D eigenvalue weighted by Gasteiger charge is -2.36. The molecule has 1 unspecified atom stereocenters. The molecule has 1 aliphatic rings. The van der Waals surface area contributed by atoms with Gasteiger partial charge in [0.2, 0.25) is 0 Å². The number of nitrogens with zero attached hydrogens (tertiary/aromatic N) is 3. The van der Waals surface area contributed by atoms with E-state index in [0.717, 1.165) is 6.42 Å². The molecular weight excluding hydrogens is 362 g/mol. The second kappa shape index (κ2) is 7.51. The molecule has 2 aromatic carbocycles. The Hall–Kier alpha value is -3.47. The minimum atomic E-state index is -0.960. The predicted octanol–water partition coefficient (Wildman–Crippen LogP) is 5.04. The smallest absolute Gasteiger partial charge is 0.335 e. The quantitative estimate of drug-likeness (QED) is 0.668. The highest BCUT2D eigenvalue weighted by atomic mass is 16.4. The number of carboxylic acids is 1. The van der Waals surface area contributed by atoms with Crippen LogP contribution in [0.5, 0.6) is 0 Å². The van der Waals surface area contributed by atoms with Gasteiger partial charge in [0.05, 0.1) is 11.1 Å². The first kappa shape index (κ1) is 18.9. The maximum Gasteiger partial charge on any atom is 0.335 e. The zero-order valence-corrected chi connectivity index (χ0v) is 16.5. The molecule has 0 spiro atoms. The van der Waals surface area contributed by atoms with Gasteiger partial charge in [-0.3, -0.25) is 0 Å². The van der Waals surface area contributed by atoms with Gasteiger partial charge >= 0.3 is 5.97 Å². The van der Waals surface area contributed by atoms with Crippen molar-refractivity contribution in [2.45, 2.75) is 25.8 Å². The van der Waals surface area contributed by atoms with Gasteiger partial charge < -0.3 is 5.11 Å². The van der Waals surface area contributed by atoms with E-state index in [1.54, 1.807) is 24.5 Å². The number of hydrogen-bond donors (Lipinski definition) is 1. The first-order chi connectivity index (χ1) is 14.0. The summed E-state index contributed by atoms with van der Waals surface area (Å²) in [6, 6.07) is 17.1. The molecule has 0 bridgehead atoms. The van der Waals surface area contributed by atoms with Gasteiger partial charge in [-0.25, -0.2) is 14.5 Å². The molecule has 1 aromatic heterocycles. The Morgan fingerprint density at radius 2 is 1.86 bits per heavy atom. The third kappa shape index (κ3) is 3.51. The van der Waals surface area contributed by atoms with Crippen molar-refractivity contribution in [3.05, 3.63) is 90.3 Å². The molecule has 0 aliphatic heterocycles. The molecule has 0 amide bonds. The Kier molecular flexibility index (Phi) is 4.89. The Bertz CT molecular complexity index is 1100. The van der Waals surface area contributed by atoms with E-state index in [1.807, 2.05) is 28.9 Å². The van der Waals surface area contributed by atoms with E-state index in [2.05, 4.69) is 49.2 Å². The van der Waals surface area contributed by atoms with Crippen molar-refractivity contribution in [1.29, 1.82) is 0 Å².